The van der Waals surface area contributed by atoms with Crippen molar-refractivity contribution in [1.29, 1.82) is 0 Å². The molecule has 0 fully saturated rings. The Morgan fingerprint density at radius 1 is 0.917 bits per heavy atom. The minimum Gasteiger partial charge on any atom is -0.444 e. The predicted octanol–water partition coefficient (Wildman–Crippen LogP) is 4.50. The molecule has 7 nitrogen and oxygen atoms in total. The lowest BCUT2D eigenvalue weighted by molar-refractivity contribution is -0.142. The second kappa shape index (κ2) is 11.6. The van der Waals surface area contributed by atoms with Gasteiger partial charge in [0.1, 0.15) is 17.7 Å². The topological polar surface area (TPSA) is 79.0 Å². The first-order chi connectivity index (χ1) is 17.0. The third-order valence-electron chi connectivity index (χ3n) is 6.04. The molecule has 1 heterocycles. The minimum atomic E-state index is -0.856. The van der Waals surface area contributed by atoms with Crippen LogP contribution < -0.4 is 5.32 Å². The van der Waals surface area contributed by atoms with Gasteiger partial charge < -0.3 is 15.0 Å². The van der Waals surface area contributed by atoms with Gasteiger partial charge in [0.25, 0.3) is 0 Å². The fraction of sp³-hybridized carbons (Fsp3) is 0.393. The summed E-state index contributed by atoms with van der Waals surface area (Å²) in [6.07, 6.45) is 0.0650. The van der Waals surface area contributed by atoms with E-state index in [1.807, 2.05) is 60.0 Å². The van der Waals surface area contributed by atoms with Crippen LogP contribution in [0.4, 0.5) is 4.79 Å². The Bertz CT molecular complexity index is 1200. The number of hydrogen-bond donors (Lipinski definition) is 1. The molecule has 192 valence electrons. The number of benzene rings is 2. The zero-order chi connectivity index (χ0) is 26.5. The molecule has 0 aliphatic heterocycles. The van der Waals surface area contributed by atoms with Gasteiger partial charge in [0.15, 0.2) is 0 Å². The van der Waals surface area contributed by atoms with E-state index in [4.69, 9.17) is 4.74 Å². The van der Waals surface area contributed by atoms with Gasteiger partial charge in [-0.25, -0.2) is 4.79 Å². The Hall–Kier alpha value is -3.39. The van der Waals surface area contributed by atoms with Crippen LogP contribution in [0.3, 0.4) is 0 Å². The molecule has 2 aromatic carbocycles. The van der Waals surface area contributed by atoms with Crippen molar-refractivity contribution >= 4 is 39.3 Å². The molecule has 0 bridgehead atoms. The van der Waals surface area contributed by atoms with Crippen molar-refractivity contribution < 1.29 is 19.1 Å². The number of amides is 3. The van der Waals surface area contributed by atoms with Crippen LogP contribution in [0.15, 0.2) is 60.0 Å². The van der Waals surface area contributed by atoms with E-state index in [-0.39, 0.29) is 11.8 Å². The fourth-order valence-electron chi connectivity index (χ4n) is 4.05. The van der Waals surface area contributed by atoms with Gasteiger partial charge in [-0.3, -0.25) is 14.5 Å². The molecule has 0 spiro atoms. The van der Waals surface area contributed by atoms with Crippen LogP contribution in [-0.2, 0) is 27.2 Å². The Labute approximate surface area is 217 Å². The van der Waals surface area contributed by atoms with Crippen LogP contribution in [-0.4, -0.2) is 66.5 Å². The lowest BCUT2D eigenvalue weighted by Gasteiger charge is -2.35. The number of nitrogens with one attached hydrogen (secondary N) is 1. The van der Waals surface area contributed by atoms with Crippen LogP contribution >= 0.6 is 11.3 Å². The average Bonchev–Trinajstić information content (AvgIpc) is 3.26. The molecule has 3 rings (SSSR count). The number of nitrogens with zero attached hydrogens (tertiary/aromatic N) is 2. The monoisotopic (exact) mass is 509 g/mol. The summed E-state index contributed by atoms with van der Waals surface area (Å²) >= 11 is 1.60. The Morgan fingerprint density at radius 2 is 1.56 bits per heavy atom. The van der Waals surface area contributed by atoms with E-state index >= 15 is 0 Å². The summed E-state index contributed by atoms with van der Waals surface area (Å²) in [5.41, 5.74) is 1.20. The maximum absolute atomic E-state index is 14.0. The Morgan fingerprint density at radius 3 is 2.19 bits per heavy atom. The largest absolute Gasteiger partial charge is 0.444 e. The Balaban J connectivity index is 1.95. The van der Waals surface area contributed by atoms with Gasteiger partial charge in [0.05, 0.1) is 0 Å². The van der Waals surface area contributed by atoms with Gasteiger partial charge in [0.2, 0.25) is 11.8 Å². The quantitative estimate of drug-likeness (QED) is 0.485. The zero-order valence-corrected chi connectivity index (χ0v) is 22.6. The number of carbonyl (C=O) groups is 3. The molecule has 1 N–H and O–H groups in total. The van der Waals surface area contributed by atoms with Gasteiger partial charge in [-0.2, -0.15) is 0 Å². The molecule has 2 atom stereocenters. The summed E-state index contributed by atoms with van der Waals surface area (Å²) in [4.78, 5) is 42.7. The van der Waals surface area contributed by atoms with Gasteiger partial charge in [-0.05, 0) is 48.7 Å². The van der Waals surface area contributed by atoms with E-state index in [1.54, 1.807) is 53.3 Å². The van der Waals surface area contributed by atoms with Gasteiger partial charge in [0, 0.05) is 38.7 Å². The number of thiophene rings is 1. The molecule has 3 aromatic rings. The highest BCUT2D eigenvalue weighted by atomic mass is 32.1. The lowest BCUT2D eigenvalue weighted by atomic mass is 10.00. The van der Waals surface area contributed by atoms with E-state index in [0.717, 1.165) is 21.2 Å². The highest BCUT2D eigenvalue weighted by Gasteiger charge is 2.36. The molecule has 8 heteroatoms. The molecule has 0 radical (unpaired) electrons. The van der Waals surface area contributed by atoms with Crippen LogP contribution in [0.25, 0.3) is 10.1 Å². The third-order valence-corrected chi connectivity index (χ3v) is 7.06. The highest BCUT2D eigenvalue weighted by Crippen LogP contribution is 2.28. The number of hydrogen-bond acceptors (Lipinski definition) is 5. The fourth-order valence-corrected chi connectivity index (χ4v) is 5.02. The zero-order valence-electron chi connectivity index (χ0n) is 21.8. The number of ether oxygens (including phenoxy) is 1. The minimum absolute atomic E-state index is 0.269. The predicted molar refractivity (Wildman–Crippen MR) is 144 cm³/mol. The smallest absolute Gasteiger partial charge is 0.410 e. The molecule has 0 unspecified atom stereocenters. The molecule has 36 heavy (non-hydrogen) atoms. The summed E-state index contributed by atoms with van der Waals surface area (Å²) in [5.74, 6) is -0.600. The molecule has 0 aliphatic carbocycles. The maximum Gasteiger partial charge on any atom is 0.410 e. The van der Waals surface area contributed by atoms with Gasteiger partial charge in [-0.15, -0.1) is 11.3 Å². The SMILES string of the molecule is CNC(=O)[C@@H](Cc1ccccc1)N(C)C(=O)[C@@H](Cc1csc2ccccc12)N(C)C(=O)OC(C)(C)C. The summed E-state index contributed by atoms with van der Waals surface area (Å²) in [5, 5.41) is 5.75. The highest BCUT2D eigenvalue weighted by molar-refractivity contribution is 7.17. The van der Waals surface area contributed by atoms with Crippen LogP contribution in [0.5, 0.6) is 0 Å². The molecule has 0 saturated heterocycles. The number of likely N-dealkylation sites (N-methyl/N-ethyl adjacent to an activating group) is 3. The van der Waals surface area contributed by atoms with Gasteiger partial charge >= 0.3 is 6.09 Å². The molecular weight excluding hydrogens is 474 g/mol. The lowest BCUT2D eigenvalue weighted by Crippen LogP contribution is -2.56. The second-order valence-electron chi connectivity index (χ2n) is 9.84. The maximum atomic E-state index is 14.0. The number of fused-ring (bicyclic) bond motifs is 1. The molecule has 1 aromatic heterocycles. The van der Waals surface area contributed by atoms with Crippen LogP contribution in [0.1, 0.15) is 31.9 Å². The van der Waals surface area contributed by atoms with Gasteiger partial charge in [-0.1, -0.05) is 48.5 Å². The normalized spacial score (nSPS) is 13.1. The Kier molecular flexibility index (Phi) is 8.74. The van der Waals surface area contributed by atoms with Crippen LogP contribution in [0.2, 0.25) is 0 Å². The number of carbonyl (C=O) groups excluding carboxylic acids is 3. The van der Waals surface area contributed by atoms with Crippen LogP contribution in [0, 0.1) is 0 Å². The average molecular weight is 510 g/mol. The van der Waals surface area contributed by atoms with Crippen molar-refractivity contribution in [3.8, 4) is 0 Å². The van der Waals surface area contributed by atoms with Crippen molar-refractivity contribution in [3.63, 3.8) is 0 Å². The van der Waals surface area contributed by atoms with E-state index in [1.165, 1.54) is 9.80 Å². The molecular formula is C28H35N3O4S. The number of rotatable bonds is 8. The van der Waals surface area contributed by atoms with Crippen molar-refractivity contribution in [2.75, 3.05) is 21.1 Å². The molecule has 0 saturated carbocycles. The summed E-state index contributed by atoms with van der Waals surface area (Å²) < 4.78 is 6.69. The standard InChI is InChI=1S/C28H35N3O4S/c1-28(2,3)35-27(34)31(6)23(17-20-18-36-24-15-11-10-14-21(20)24)26(33)30(5)22(25(32)29-4)16-19-12-8-7-9-13-19/h7-15,18,22-23H,16-17H2,1-6H3,(H,29,32)/t22-,23-/m1/s1. The first-order valence-electron chi connectivity index (χ1n) is 11.9. The molecule has 0 aliphatic rings. The summed E-state index contributed by atoms with van der Waals surface area (Å²) in [6, 6.07) is 16.0. The first kappa shape index (κ1) is 27.2. The van der Waals surface area contributed by atoms with E-state index in [9.17, 15) is 14.4 Å². The molecule has 3 amide bonds. The summed E-state index contributed by atoms with van der Waals surface area (Å²) in [7, 11) is 4.75. The summed E-state index contributed by atoms with van der Waals surface area (Å²) in [6.45, 7) is 5.36. The van der Waals surface area contributed by atoms with Crippen molar-refractivity contribution in [2.45, 2.75) is 51.3 Å². The third kappa shape index (κ3) is 6.63. The van der Waals surface area contributed by atoms with E-state index in [0.29, 0.717) is 12.8 Å². The van der Waals surface area contributed by atoms with Crippen molar-refractivity contribution in [2.24, 2.45) is 0 Å². The second-order valence-corrected chi connectivity index (χ2v) is 10.7. The van der Waals surface area contributed by atoms with Crippen molar-refractivity contribution in [1.82, 2.24) is 15.1 Å². The van der Waals surface area contributed by atoms with E-state index in [2.05, 4.69) is 5.32 Å². The van der Waals surface area contributed by atoms with Crippen molar-refractivity contribution in [3.05, 3.63) is 71.1 Å². The van der Waals surface area contributed by atoms with E-state index < -0.39 is 23.8 Å². The first-order valence-corrected chi connectivity index (χ1v) is 12.8.